The van der Waals surface area contributed by atoms with Crippen molar-refractivity contribution in [2.24, 2.45) is 11.8 Å². The van der Waals surface area contributed by atoms with Crippen LogP contribution in [0.5, 0.6) is 0 Å². The molecule has 1 aromatic carbocycles. The smallest absolute Gasteiger partial charge is 0.408 e. The van der Waals surface area contributed by atoms with Crippen molar-refractivity contribution in [2.75, 3.05) is 6.54 Å². The molecule has 3 amide bonds. The van der Waals surface area contributed by atoms with E-state index in [0.29, 0.717) is 24.1 Å². The van der Waals surface area contributed by atoms with Crippen molar-refractivity contribution in [1.82, 2.24) is 15.5 Å². The summed E-state index contributed by atoms with van der Waals surface area (Å²) in [6.07, 6.45) is 9.30. The molecule has 1 aliphatic carbocycles. The van der Waals surface area contributed by atoms with Crippen molar-refractivity contribution >= 4 is 17.9 Å². The quantitative estimate of drug-likeness (QED) is 0.299. The fourth-order valence-corrected chi connectivity index (χ4v) is 4.33. The van der Waals surface area contributed by atoms with Crippen molar-refractivity contribution in [3.8, 4) is 12.3 Å². The van der Waals surface area contributed by atoms with Gasteiger partial charge in [0.15, 0.2) is 0 Å². The minimum absolute atomic E-state index is 0.0989. The van der Waals surface area contributed by atoms with E-state index in [1.165, 1.54) is 0 Å². The highest BCUT2D eigenvalue weighted by atomic mass is 16.6. The number of ether oxygens (including phenoxy) is 1. The van der Waals surface area contributed by atoms with Gasteiger partial charge in [-0.2, -0.15) is 0 Å². The Morgan fingerprint density at radius 1 is 1.16 bits per heavy atom. The van der Waals surface area contributed by atoms with E-state index in [1.807, 2.05) is 26.0 Å². The zero-order valence-electron chi connectivity index (χ0n) is 23.6. The first kappa shape index (κ1) is 30.2. The summed E-state index contributed by atoms with van der Waals surface area (Å²) in [5.41, 5.74) is 0.699. The number of carbonyl (C=O) groups is 3. The second-order valence-electron chi connectivity index (χ2n) is 11.2. The van der Waals surface area contributed by atoms with Crippen molar-refractivity contribution in [1.29, 1.82) is 0 Å². The van der Waals surface area contributed by atoms with Crippen LogP contribution in [-0.4, -0.2) is 47.0 Å². The van der Waals surface area contributed by atoms with Crippen LogP contribution >= 0.6 is 0 Å². The first-order valence-electron chi connectivity index (χ1n) is 13.6. The number of amides is 3. The van der Waals surface area contributed by atoms with Crippen LogP contribution in [0.1, 0.15) is 97.7 Å². The van der Waals surface area contributed by atoms with Crippen LogP contribution in [-0.2, 0) is 14.3 Å². The molecule has 1 saturated carbocycles. The highest BCUT2D eigenvalue weighted by molar-refractivity contribution is 5.92. The molecule has 0 bridgehead atoms. The number of nitrogens with zero attached hydrogens (tertiary/aromatic N) is 1. The number of hydrogen-bond acceptors (Lipinski definition) is 4. The third-order valence-corrected chi connectivity index (χ3v) is 6.83. The van der Waals surface area contributed by atoms with Crippen molar-refractivity contribution in [2.45, 2.75) is 104 Å². The fourth-order valence-electron chi connectivity index (χ4n) is 4.33. The summed E-state index contributed by atoms with van der Waals surface area (Å²) in [6, 6.07) is 5.46. The van der Waals surface area contributed by atoms with Gasteiger partial charge in [0.2, 0.25) is 11.8 Å². The van der Waals surface area contributed by atoms with Crippen molar-refractivity contribution in [3.63, 3.8) is 0 Å². The summed E-state index contributed by atoms with van der Waals surface area (Å²) in [6.45, 7) is 14.0. The monoisotopic (exact) mass is 511 g/mol. The number of rotatable bonds is 12. The van der Waals surface area contributed by atoms with Crippen LogP contribution in [0, 0.1) is 24.2 Å². The fraction of sp³-hybridized carbons (Fsp3) is 0.633. The molecule has 1 aliphatic rings. The van der Waals surface area contributed by atoms with E-state index in [0.717, 1.165) is 25.7 Å². The maximum absolute atomic E-state index is 14.2. The summed E-state index contributed by atoms with van der Waals surface area (Å²) in [5, 5.41) is 5.86. The highest BCUT2D eigenvalue weighted by Crippen LogP contribution is 2.41. The molecule has 0 aromatic heterocycles. The van der Waals surface area contributed by atoms with Crippen LogP contribution in [0.4, 0.5) is 4.79 Å². The van der Waals surface area contributed by atoms with E-state index >= 15 is 0 Å². The van der Waals surface area contributed by atoms with Gasteiger partial charge in [-0.15, -0.1) is 6.42 Å². The van der Waals surface area contributed by atoms with Gasteiger partial charge in [-0.25, -0.2) is 4.79 Å². The molecule has 5 atom stereocenters. The Hall–Kier alpha value is -3.01. The van der Waals surface area contributed by atoms with E-state index in [4.69, 9.17) is 11.2 Å². The summed E-state index contributed by atoms with van der Waals surface area (Å²) >= 11 is 0. The van der Waals surface area contributed by atoms with E-state index in [2.05, 4.69) is 30.4 Å². The largest absolute Gasteiger partial charge is 0.444 e. The van der Waals surface area contributed by atoms with Gasteiger partial charge in [-0.05, 0) is 63.1 Å². The molecular weight excluding hydrogens is 466 g/mol. The number of nitrogens with one attached hydrogen (secondary N) is 2. The predicted octanol–water partition coefficient (Wildman–Crippen LogP) is 5.19. The highest BCUT2D eigenvalue weighted by Gasteiger charge is 2.48. The number of hydrogen-bond donors (Lipinski definition) is 2. The van der Waals surface area contributed by atoms with Gasteiger partial charge in [-0.1, -0.05) is 65.0 Å². The van der Waals surface area contributed by atoms with E-state index in [9.17, 15) is 14.4 Å². The molecule has 7 heteroatoms. The van der Waals surface area contributed by atoms with Gasteiger partial charge in [0.25, 0.3) is 0 Å². The molecule has 0 radical (unpaired) electrons. The lowest BCUT2D eigenvalue weighted by molar-refractivity contribution is -0.144. The SMILES string of the molecule is C#Cc1ccc(C(C(=O)NCCCCC)N(C(=O)C(NC(=O)OC(C)(C)C)C(C)CC)C2CC2C)cc1. The molecule has 2 rings (SSSR count). The predicted molar refractivity (Wildman–Crippen MR) is 147 cm³/mol. The van der Waals surface area contributed by atoms with Crippen molar-refractivity contribution in [3.05, 3.63) is 35.4 Å². The van der Waals surface area contributed by atoms with Crippen LogP contribution in [0.2, 0.25) is 0 Å². The Morgan fingerprint density at radius 3 is 2.27 bits per heavy atom. The van der Waals surface area contributed by atoms with Crippen LogP contribution in [0.3, 0.4) is 0 Å². The molecule has 2 N–H and O–H groups in total. The molecule has 0 aliphatic heterocycles. The lowest BCUT2D eigenvalue weighted by atomic mass is 9.95. The number of benzene rings is 1. The minimum atomic E-state index is -0.831. The van der Waals surface area contributed by atoms with Gasteiger partial charge in [0.1, 0.15) is 17.7 Å². The molecule has 37 heavy (non-hydrogen) atoms. The molecule has 1 fully saturated rings. The normalized spacial score (nSPS) is 19.1. The first-order valence-corrected chi connectivity index (χ1v) is 13.6. The lowest BCUT2D eigenvalue weighted by Crippen LogP contribution is -2.56. The average molecular weight is 512 g/mol. The second-order valence-corrected chi connectivity index (χ2v) is 11.2. The average Bonchev–Trinajstić information content (AvgIpc) is 3.57. The first-order chi connectivity index (χ1) is 17.4. The molecule has 0 saturated heterocycles. The maximum atomic E-state index is 14.2. The van der Waals surface area contributed by atoms with Gasteiger partial charge < -0.3 is 20.3 Å². The summed E-state index contributed by atoms with van der Waals surface area (Å²) < 4.78 is 5.47. The molecule has 204 valence electrons. The van der Waals surface area contributed by atoms with Gasteiger partial charge in [-0.3, -0.25) is 9.59 Å². The Balaban J connectivity index is 2.47. The topological polar surface area (TPSA) is 87.7 Å². The summed E-state index contributed by atoms with van der Waals surface area (Å²) in [5.74, 6) is 2.20. The summed E-state index contributed by atoms with van der Waals surface area (Å²) in [4.78, 5) is 42.3. The number of terminal acetylenes is 1. The zero-order chi connectivity index (χ0) is 27.8. The second kappa shape index (κ2) is 13.5. The Morgan fingerprint density at radius 2 is 1.78 bits per heavy atom. The summed E-state index contributed by atoms with van der Waals surface area (Å²) in [7, 11) is 0. The Labute approximate surface area is 223 Å². The molecule has 5 unspecified atom stereocenters. The lowest BCUT2D eigenvalue weighted by Gasteiger charge is -2.36. The third kappa shape index (κ3) is 8.80. The molecule has 0 spiro atoms. The number of carbonyl (C=O) groups excluding carboxylic acids is 3. The Bertz CT molecular complexity index is 961. The van der Waals surface area contributed by atoms with E-state index in [-0.39, 0.29) is 29.7 Å². The standard InChI is InChI=1S/C30H45N3O4/c1-9-12-13-18-31-27(34)26(23-16-14-22(11-3)15-17-23)33(24-19-21(24)5)28(35)25(20(4)10-2)32-29(36)37-30(6,7)8/h3,14-17,20-21,24-26H,9-10,12-13,18-19H2,1-2,4-8H3,(H,31,34)(H,32,36). The van der Waals surface area contributed by atoms with Gasteiger partial charge in [0.05, 0.1) is 0 Å². The number of unbranched alkanes of at least 4 members (excludes halogenated alkanes) is 2. The minimum Gasteiger partial charge on any atom is -0.444 e. The maximum Gasteiger partial charge on any atom is 0.408 e. The van der Waals surface area contributed by atoms with E-state index in [1.54, 1.807) is 37.8 Å². The molecule has 7 nitrogen and oxygen atoms in total. The van der Waals surface area contributed by atoms with Crippen molar-refractivity contribution < 1.29 is 19.1 Å². The van der Waals surface area contributed by atoms with E-state index < -0.39 is 23.8 Å². The molecule has 0 heterocycles. The van der Waals surface area contributed by atoms with Crippen LogP contribution in [0.15, 0.2) is 24.3 Å². The third-order valence-electron chi connectivity index (χ3n) is 6.83. The molecule has 1 aromatic rings. The number of alkyl carbamates (subject to hydrolysis) is 1. The van der Waals surface area contributed by atoms with Crippen LogP contribution in [0.25, 0.3) is 0 Å². The molecular formula is C30H45N3O4. The zero-order valence-corrected chi connectivity index (χ0v) is 23.6. The van der Waals surface area contributed by atoms with Gasteiger partial charge in [0, 0.05) is 18.2 Å². The van der Waals surface area contributed by atoms with Crippen LogP contribution < -0.4 is 10.6 Å². The van der Waals surface area contributed by atoms with Gasteiger partial charge >= 0.3 is 6.09 Å². The Kier molecular flexibility index (Phi) is 11.0.